The van der Waals surface area contributed by atoms with E-state index in [4.69, 9.17) is 4.74 Å². The normalized spacial score (nSPS) is 12.8. The molecule has 1 atom stereocenters. The summed E-state index contributed by atoms with van der Waals surface area (Å²) in [5, 5.41) is 3.28. The summed E-state index contributed by atoms with van der Waals surface area (Å²) in [7, 11) is 1.70. The minimum atomic E-state index is 0.347. The molecule has 0 aromatic carbocycles. The van der Waals surface area contributed by atoms with Crippen molar-refractivity contribution >= 4 is 0 Å². The van der Waals surface area contributed by atoms with E-state index < -0.39 is 0 Å². The molecule has 0 aliphatic heterocycles. The number of nitrogens with zero attached hydrogens (tertiary/aromatic N) is 2. The zero-order valence-electron chi connectivity index (χ0n) is 8.03. The van der Waals surface area contributed by atoms with Crippen LogP contribution in [0.4, 0.5) is 0 Å². The summed E-state index contributed by atoms with van der Waals surface area (Å²) in [4.78, 5) is 7.94. The van der Waals surface area contributed by atoms with E-state index >= 15 is 0 Å². The molecule has 4 nitrogen and oxygen atoms in total. The summed E-state index contributed by atoms with van der Waals surface area (Å²) in [5.74, 6) is 0. The highest BCUT2D eigenvalue weighted by Crippen LogP contribution is 1.91. The van der Waals surface area contributed by atoms with E-state index in [0.29, 0.717) is 12.6 Å². The highest BCUT2D eigenvalue weighted by Gasteiger charge is 2.00. The zero-order valence-corrected chi connectivity index (χ0v) is 8.03. The van der Waals surface area contributed by atoms with E-state index in [2.05, 4.69) is 22.2 Å². The lowest BCUT2D eigenvalue weighted by Crippen LogP contribution is -2.29. The number of methoxy groups -OCH3 is 1. The number of hydrogen-bond donors (Lipinski definition) is 1. The van der Waals surface area contributed by atoms with Crippen LogP contribution in [0.5, 0.6) is 0 Å². The van der Waals surface area contributed by atoms with Crippen LogP contribution in [-0.4, -0.2) is 29.7 Å². The predicted octanol–water partition coefficient (Wildman–Crippen LogP) is 0.601. The summed E-state index contributed by atoms with van der Waals surface area (Å²) >= 11 is 0. The SMILES string of the molecule is COCC(C)NCc1ccncn1. The minimum absolute atomic E-state index is 0.347. The summed E-state index contributed by atoms with van der Waals surface area (Å²) in [6.07, 6.45) is 3.29. The molecule has 0 aliphatic rings. The molecule has 0 aliphatic carbocycles. The lowest BCUT2D eigenvalue weighted by Gasteiger charge is -2.11. The van der Waals surface area contributed by atoms with Crippen LogP contribution in [0.15, 0.2) is 18.6 Å². The molecule has 1 heterocycles. The number of aromatic nitrogens is 2. The number of rotatable bonds is 5. The van der Waals surface area contributed by atoms with Gasteiger partial charge < -0.3 is 10.1 Å². The summed E-state index contributed by atoms with van der Waals surface area (Å²) < 4.78 is 5.00. The van der Waals surface area contributed by atoms with Crippen LogP contribution >= 0.6 is 0 Å². The highest BCUT2D eigenvalue weighted by atomic mass is 16.5. The Morgan fingerprint density at radius 3 is 3.08 bits per heavy atom. The molecule has 1 rings (SSSR count). The molecule has 13 heavy (non-hydrogen) atoms. The first-order valence-electron chi connectivity index (χ1n) is 4.30. The first kappa shape index (κ1) is 10.1. The number of ether oxygens (including phenoxy) is 1. The van der Waals surface area contributed by atoms with Crippen molar-refractivity contribution in [2.75, 3.05) is 13.7 Å². The highest BCUT2D eigenvalue weighted by molar-refractivity contribution is 4.97. The molecule has 4 heteroatoms. The van der Waals surface area contributed by atoms with Crippen molar-refractivity contribution in [3.8, 4) is 0 Å². The largest absolute Gasteiger partial charge is 0.383 e. The van der Waals surface area contributed by atoms with Gasteiger partial charge in [-0.1, -0.05) is 0 Å². The van der Waals surface area contributed by atoms with Crippen LogP contribution < -0.4 is 5.32 Å². The van der Waals surface area contributed by atoms with Gasteiger partial charge in [-0.3, -0.25) is 0 Å². The summed E-state index contributed by atoms with van der Waals surface area (Å²) in [6.45, 7) is 3.54. The van der Waals surface area contributed by atoms with Crippen molar-refractivity contribution in [1.29, 1.82) is 0 Å². The molecule has 0 saturated carbocycles. The van der Waals surface area contributed by atoms with Gasteiger partial charge in [0.15, 0.2) is 0 Å². The molecule has 1 aromatic rings. The van der Waals surface area contributed by atoms with Crippen LogP contribution in [0, 0.1) is 0 Å². The van der Waals surface area contributed by atoms with Gasteiger partial charge in [-0.25, -0.2) is 9.97 Å². The maximum Gasteiger partial charge on any atom is 0.115 e. The molecular weight excluding hydrogens is 166 g/mol. The van der Waals surface area contributed by atoms with Gasteiger partial charge in [-0.05, 0) is 13.0 Å². The standard InChI is InChI=1S/C9H15N3O/c1-8(6-13-2)11-5-9-3-4-10-7-12-9/h3-4,7-8,11H,5-6H2,1-2H3. The van der Waals surface area contributed by atoms with Crippen molar-refractivity contribution in [3.05, 3.63) is 24.3 Å². The Labute approximate surface area is 78.4 Å². The third-order valence-electron chi connectivity index (χ3n) is 1.69. The van der Waals surface area contributed by atoms with E-state index in [9.17, 15) is 0 Å². The van der Waals surface area contributed by atoms with Crippen LogP contribution in [0.2, 0.25) is 0 Å². The molecule has 0 amide bonds. The predicted molar refractivity (Wildman–Crippen MR) is 50.2 cm³/mol. The van der Waals surface area contributed by atoms with Gasteiger partial charge in [0.25, 0.3) is 0 Å². The lowest BCUT2D eigenvalue weighted by atomic mass is 10.3. The fourth-order valence-corrected chi connectivity index (χ4v) is 1.01. The Hall–Kier alpha value is -1.00. The third-order valence-corrected chi connectivity index (χ3v) is 1.69. The van der Waals surface area contributed by atoms with Crippen LogP contribution in [0.1, 0.15) is 12.6 Å². The molecule has 0 bridgehead atoms. The van der Waals surface area contributed by atoms with E-state index in [1.165, 1.54) is 0 Å². The molecule has 1 unspecified atom stereocenters. The molecule has 0 radical (unpaired) electrons. The molecule has 0 spiro atoms. The average molecular weight is 181 g/mol. The summed E-state index contributed by atoms with van der Waals surface area (Å²) in [6, 6.07) is 2.24. The number of nitrogens with one attached hydrogen (secondary N) is 1. The molecule has 0 saturated heterocycles. The smallest absolute Gasteiger partial charge is 0.115 e. The Morgan fingerprint density at radius 2 is 2.46 bits per heavy atom. The van der Waals surface area contributed by atoms with Gasteiger partial charge in [0.1, 0.15) is 6.33 Å². The maximum absolute atomic E-state index is 5.00. The average Bonchev–Trinajstić information content (AvgIpc) is 2.17. The topological polar surface area (TPSA) is 47.0 Å². The monoisotopic (exact) mass is 181 g/mol. The van der Waals surface area contributed by atoms with E-state index in [1.807, 2.05) is 6.07 Å². The van der Waals surface area contributed by atoms with E-state index in [1.54, 1.807) is 19.6 Å². The van der Waals surface area contributed by atoms with E-state index in [-0.39, 0.29) is 0 Å². The lowest BCUT2D eigenvalue weighted by molar-refractivity contribution is 0.171. The Bertz CT molecular complexity index is 228. The molecular formula is C9H15N3O. The van der Waals surface area contributed by atoms with Crippen molar-refractivity contribution in [3.63, 3.8) is 0 Å². The second kappa shape index (κ2) is 5.61. The van der Waals surface area contributed by atoms with Gasteiger partial charge in [0.05, 0.1) is 12.3 Å². The molecule has 72 valence electrons. The Balaban J connectivity index is 2.27. The Morgan fingerprint density at radius 1 is 1.62 bits per heavy atom. The van der Waals surface area contributed by atoms with Gasteiger partial charge in [-0.15, -0.1) is 0 Å². The third kappa shape index (κ3) is 3.96. The van der Waals surface area contributed by atoms with Crippen molar-refractivity contribution in [2.24, 2.45) is 0 Å². The zero-order chi connectivity index (χ0) is 9.52. The first-order valence-corrected chi connectivity index (χ1v) is 4.30. The second-order valence-corrected chi connectivity index (χ2v) is 2.94. The van der Waals surface area contributed by atoms with Crippen LogP contribution in [-0.2, 0) is 11.3 Å². The maximum atomic E-state index is 5.00. The molecule has 1 aromatic heterocycles. The fraction of sp³-hybridized carbons (Fsp3) is 0.556. The second-order valence-electron chi connectivity index (χ2n) is 2.94. The summed E-state index contributed by atoms with van der Waals surface area (Å²) in [5.41, 5.74) is 0.998. The van der Waals surface area contributed by atoms with Gasteiger partial charge in [-0.2, -0.15) is 0 Å². The quantitative estimate of drug-likeness (QED) is 0.722. The molecule has 1 N–H and O–H groups in total. The fourth-order valence-electron chi connectivity index (χ4n) is 1.01. The van der Waals surface area contributed by atoms with Crippen molar-refractivity contribution in [2.45, 2.75) is 19.5 Å². The first-order chi connectivity index (χ1) is 6.33. The minimum Gasteiger partial charge on any atom is -0.383 e. The van der Waals surface area contributed by atoms with Crippen LogP contribution in [0.3, 0.4) is 0 Å². The Kier molecular flexibility index (Phi) is 4.35. The number of hydrogen-bond acceptors (Lipinski definition) is 4. The van der Waals surface area contributed by atoms with Gasteiger partial charge in [0.2, 0.25) is 0 Å². The van der Waals surface area contributed by atoms with E-state index in [0.717, 1.165) is 12.2 Å². The van der Waals surface area contributed by atoms with Gasteiger partial charge in [0, 0.05) is 25.9 Å². The van der Waals surface area contributed by atoms with Crippen molar-refractivity contribution in [1.82, 2.24) is 15.3 Å². The van der Waals surface area contributed by atoms with Crippen LogP contribution in [0.25, 0.3) is 0 Å². The van der Waals surface area contributed by atoms with Crippen molar-refractivity contribution < 1.29 is 4.74 Å². The molecule has 0 fully saturated rings. The van der Waals surface area contributed by atoms with Gasteiger partial charge >= 0.3 is 0 Å².